The molecular formula is C19H28O6. The summed E-state index contributed by atoms with van der Waals surface area (Å²) in [5.41, 5.74) is -1.92. The summed E-state index contributed by atoms with van der Waals surface area (Å²) in [6.07, 6.45) is 1.97. The van der Waals surface area contributed by atoms with Gasteiger partial charge in [0.1, 0.15) is 6.10 Å². The standard InChI is InChI=1S/C19H28O6/c1-6-7-14(20)19(23)11(4)8-9-13-12(5)18(22)24-15(13)16(19)25-17(21)10(2)3/h6-7,10-13,15-16,23H,8-9H2,1-5H3. The maximum Gasteiger partial charge on any atom is 0.309 e. The molecule has 2 rings (SSSR count). The fourth-order valence-electron chi connectivity index (χ4n) is 3.77. The molecule has 1 saturated carbocycles. The molecule has 1 heterocycles. The van der Waals surface area contributed by atoms with Crippen LogP contribution in [0.15, 0.2) is 12.2 Å². The summed E-state index contributed by atoms with van der Waals surface area (Å²) in [4.78, 5) is 37.0. The summed E-state index contributed by atoms with van der Waals surface area (Å²) in [6.45, 7) is 8.58. The number of hydrogen-bond donors (Lipinski definition) is 1. The highest BCUT2D eigenvalue weighted by Gasteiger charge is 2.60. The second-order valence-electron chi connectivity index (χ2n) is 7.53. The normalized spacial score (nSPS) is 38.4. The molecule has 140 valence electrons. The van der Waals surface area contributed by atoms with E-state index >= 15 is 0 Å². The molecule has 0 aromatic rings. The summed E-state index contributed by atoms with van der Waals surface area (Å²) in [5.74, 6) is -2.83. The third-order valence-electron chi connectivity index (χ3n) is 5.53. The summed E-state index contributed by atoms with van der Waals surface area (Å²) >= 11 is 0. The zero-order valence-electron chi connectivity index (χ0n) is 15.5. The van der Waals surface area contributed by atoms with E-state index in [-0.39, 0.29) is 17.8 Å². The number of carbonyl (C=O) groups is 3. The molecule has 0 aromatic carbocycles. The summed E-state index contributed by atoms with van der Waals surface area (Å²) in [7, 11) is 0. The van der Waals surface area contributed by atoms with Gasteiger partial charge < -0.3 is 14.6 Å². The molecule has 2 fully saturated rings. The average molecular weight is 352 g/mol. The lowest BCUT2D eigenvalue weighted by atomic mass is 9.77. The van der Waals surface area contributed by atoms with Crippen LogP contribution in [0.1, 0.15) is 47.5 Å². The molecule has 0 spiro atoms. The molecule has 2 aliphatic rings. The molecule has 6 heteroatoms. The Hall–Kier alpha value is -1.69. The Morgan fingerprint density at radius 1 is 1.32 bits per heavy atom. The largest absolute Gasteiger partial charge is 0.458 e. The monoisotopic (exact) mass is 352 g/mol. The fraction of sp³-hybridized carbons (Fsp3) is 0.737. The van der Waals surface area contributed by atoms with Crippen molar-refractivity contribution in [2.24, 2.45) is 23.7 Å². The van der Waals surface area contributed by atoms with Gasteiger partial charge in [-0.05, 0) is 31.8 Å². The minimum atomic E-state index is -1.92. The van der Waals surface area contributed by atoms with Crippen molar-refractivity contribution < 1.29 is 29.0 Å². The highest BCUT2D eigenvalue weighted by Crippen LogP contribution is 2.45. The summed E-state index contributed by atoms with van der Waals surface area (Å²) in [6, 6.07) is 0. The van der Waals surface area contributed by atoms with Gasteiger partial charge in [-0.25, -0.2) is 0 Å². The smallest absolute Gasteiger partial charge is 0.309 e. The van der Waals surface area contributed by atoms with Gasteiger partial charge in [-0.1, -0.05) is 33.8 Å². The molecule has 1 N–H and O–H groups in total. The van der Waals surface area contributed by atoms with Crippen LogP contribution < -0.4 is 0 Å². The van der Waals surface area contributed by atoms with Gasteiger partial charge in [0.15, 0.2) is 17.5 Å². The van der Waals surface area contributed by atoms with E-state index in [0.717, 1.165) is 0 Å². The maximum absolute atomic E-state index is 12.7. The fourth-order valence-corrected chi connectivity index (χ4v) is 3.77. The van der Waals surface area contributed by atoms with E-state index in [2.05, 4.69) is 0 Å². The number of ether oxygens (including phenoxy) is 2. The van der Waals surface area contributed by atoms with Crippen LogP contribution >= 0.6 is 0 Å². The molecule has 1 aliphatic carbocycles. The lowest BCUT2D eigenvalue weighted by Crippen LogP contribution is -2.59. The molecule has 0 aromatic heterocycles. The van der Waals surface area contributed by atoms with Crippen LogP contribution in [0.3, 0.4) is 0 Å². The Kier molecular flexibility index (Phi) is 5.72. The molecule has 1 aliphatic heterocycles. The quantitative estimate of drug-likeness (QED) is 0.615. The predicted molar refractivity (Wildman–Crippen MR) is 90.4 cm³/mol. The van der Waals surface area contributed by atoms with Gasteiger partial charge in [0.2, 0.25) is 0 Å². The van der Waals surface area contributed by atoms with Gasteiger partial charge in [-0.3, -0.25) is 14.4 Å². The van der Waals surface area contributed by atoms with Crippen molar-refractivity contribution in [2.45, 2.75) is 65.3 Å². The third kappa shape index (κ3) is 3.36. The van der Waals surface area contributed by atoms with E-state index in [1.54, 1.807) is 40.7 Å². The Morgan fingerprint density at radius 2 is 1.96 bits per heavy atom. The molecule has 1 saturated heterocycles. The van der Waals surface area contributed by atoms with Gasteiger partial charge in [0.25, 0.3) is 0 Å². The van der Waals surface area contributed by atoms with Crippen LogP contribution in [-0.2, 0) is 23.9 Å². The van der Waals surface area contributed by atoms with Crippen molar-refractivity contribution in [3.63, 3.8) is 0 Å². The Bertz CT molecular complexity index is 580. The Labute approximate surface area is 148 Å². The zero-order valence-corrected chi connectivity index (χ0v) is 15.5. The predicted octanol–water partition coefficient (Wildman–Crippen LogP) is 2.04. The second kappa shape index (κ2) is 7.28. The van der Waals surface area contributed by atoms with Crippen molar-refractivity contribution in [1.82, 2.24) is 0 Å². The van der Waals surface area contributed by atoms with Crippen molar-refractivity contribution >= 4 is 17.7 Å². The number of carbonyl (C=O) groups excluding carboxylic acids is 3. The van der Waals surface area contributed by atoms with Crippen molar-refractivity contribution in [2.75, 3.05) is 0 Å². The second-order valence-corrected chi connectivity index (χ2v) is 7.53. The van der Waals surface area contributed by atoms with Crippen molar-refractivity contribution in [3.05, 3.63) is 12.2 Å². The van der Waals surface area contributed by atoms with Crippen molar-refractivity contribution in [3.8, 4) is 0 Å². The van der Waals surface area contributed by atoms with Gasteiger partial charge in [0, 0.05) is 5.92 Å². The van der Waals surface area contributed by atoms with Crippen LogP contribution in [-0.4, -0.2) is 40.6 Å². The minimum absolute atomic E-state index is 0.188. The Morgan fingerprint density at radius 3 is 2.52 bits per heavy atom. The van der Waals surface area contributed by atoms with Gasteiger partial charge in [-0.15, -0.1) is 0 Å². The minimum Gasteiger partial charge on any atom is -0.458 e. The zero-order chi connectivity index (χ0) is 18.9. The van der Waals surface area contributed by atoms with E-state index in [1.807, 2.05) is 0 Å². The van der Waals surface area contributed by atoms with Crippen molar-refractivity contribution in [1.29, 1.82) is 0 Å². The average Bonchev–Trinajstić information content (AvgIpc) is 2.78. The third-order valence-corrected chi connectivity index (χ3v) is 5.53. The molecule has 25 heavy (non-hydrogen) atoms. The van der Waals surface area contributed by atoms with Crippen LogP contribution in [0.5, 0.6) is 0 Å². The SMILES string of the molecule is CC=CC(=O)C1(O)C(C)CCC2C(C)C(=O)OC2C1OC(=O)C(C)C. The molecule has 0 amide bonds. The maximum atomic E-state index is 12.7. The first-order chi connectivity index (χ1) is 11.6. The molecule has 0 bridgehead atoms. The topological polar surface area (TPSA) is 89.9 Å². The lowest BCUT2D eigenvalue weighted by molar-refractivity contribution is -0.196. The van der Waals surface area contributed by atoms with Gasteiger partial charge in [0.05, 0.1) is 11.8 Å². The first kappa shape index (κ1) is 19.6. The van der Waals surface area contributed by atoms with Gasteiger partial charge >= 0.3 is 11.9 Å². The van der Waals surface area contributed by atoms with Crippen LogP contribution in [0, 0.1) is 23.7 Å². The molecular weight excluding hydrogens is 324 g/mol. The first-order valence-electron chi connectivity index (χ1n) is 8.95. The van der Waals surface area contributed by atoms with E-state index in [0.29, 0.717) is 12.8 Å². The number of rotatable bonds is 4. The number of fused-ring (bicyclic) bond motifs is 1. The number of hydrogen-bond acceptors (Lipinski definition) is 6. The number of allylic oxidation sites excluding steroid dienone is 1. The summed E-state index contributed by atoms with van der Waals surface area (Å²) < 4.78 is 11.0. The van der Waals surface area contributed by atoms with Gasteiger partial charge in [-0.2, -0.15) is 0 Å². The van der Waals surface area contributed by atoms with E-state index in [1.165, 1.54) is 6.08 Å². The lowest BCUT2D eigenvalue weighted by Gasteiger charge is -2.39. The molecule has 6 nitrogen and oxygen atoms in total. The molecule has 6 atom stereocenters. The summed E-state index contributed by atoms with van der Waals surface area (Å²) in [5, 5.41) is 11.4. The molecule has 6 unspecified atom stereocenters. The Balaban J connectivity index is 2.51. The number of ketones is 1. The first-order valence-corrected chi connectivity index (χ1v) is 8.95. The van der Waals surface area contributed by atoms with Crippen LogP contribution in [0.2, 0.25) is 0 Å². The molecule has 0 radical (unpaired) electrons. The number of esters is 2. The van der Waals surface area contributed by atoms with E-state index in [4.69, 9.17) is 9.47 Å². The van der Waals surface area contributed by atoms with E-state index < -0.39 is 41.4 Å². The highest BCUT2D eigenvalue weighted by atomic mass is 16.6. The number of aliphatic hydroxyl groups is 1. The highest BCUT2D eigenvalue weighted by molar-refractivity contribution is 5.98. The van der Waals surface area contributed by atoms with E-state index in [9.17, 15) is 19.5 Å². The van der Waals surface area contributed by atoms with Crippen LogP contribution in [0.25, 0.3) is 0 Å². The van der Waals surface area contributed by atoms with Crippen LogP contribution in [0.4, 0.5) is 0 Å².